The molecule has 0 saturated heterocycles. The lowest BCUT2D eigenvalue weighted by atomic mass is 10.2. The van der Waals surface area contributed by atoms with Gasteiger partial charge in [0.1, 0.15) is 0 Å². The van der Waals surface area contributed by atoms with E-state index < -0.39 is 7.75 Å². The van der Waals surface area contributed by atoms with Crippen LogP contribution in [-0.2, 0) is 13.6 Å². The van der Waals surface area contributed by atoms with Crippen molar-refractivity contribution in [3.63, 3.8) is 0 Å². The SMILES string of the molecule is COP(=O)(NSc1ccc(C)cc1)OC. The van der Waals surface area contributed by atoms with Gasteiger partial charge in [-0.1, -0.05) is 17.7 Å². The molecule has 0 radical (unpaired) electrons. The highest BCUT2D eigenvalue weighted by atomic mass is 32.2. The second-order valence-corrected chi connectivity index (χ2v) is 6.00. The van der Waals surface area contributed by atoms with E-state index in [-0.39, 0.29) is 0 Å². The van der Waals surface area contributed by atoms with Gasteiger partial charge in [-0.15, -0.1) is 0 Å². The van der Waals surface area contributed by atoms with E-state index in [2.05, 4.69) is 4.49 Å². The summed E-state index contributed by atoms with van der Waals surface area (Å²) in [5.74, 6) is 0. The highest BCUT2D eigenvalue weighted by molar-refractivity contribution is 8.01. The molecular formula is C9H14NO3PS. The van der Waals surface area contributed by atoms with Gasteiger partial charge in [-0.2, -0.15) is 4.49 Å². The number of rotatable bonds is 5. The molecule has 0 aromatic heterocycles. The predicted octanol–water partition coefficient (Wildman–Crippen LogP) is 2.99. The summed E-state index contributed by atoms with van der Waals surface area (Å²) in [6, 6.07) is 7.83. The molecule has 0 spiro atoms. The first-order chi connectivity index (χ1) is 7.09. The molecule has 0 aliphatic heterocycles. The summed E-state index contributed by atoms with van der Waals surface area (Å²) in [7, 11) is -0.465. The van der Waals surface area contributed by atoms with Gasteiger partial charge in [0.25, 0.3) is 0 Å². The van der Waals surface area contributed by atoms with Gasteiger partial charge in [-0.05, 0) is 31.0 Å². The molecule has 0 fully saturated rings. The number of nitrogens with one attached hydrogen (secondary N) is 1. The maximum absolute atomic E-state index is 11.6. The Bertz CT molecular complexity index is 347. The van der Waals surface area contributed by atoms with Crippen molar-refractivity contribution in [2.24, 2.45) is 0 Å². The van der Waals surface area contributed by atoms with E-state index >= 15 is 0 Å². The minimum atomic E-state index is -3.15. The zero-order chi connectivity index (χ0) is 11.3. The first kappa shape index (κ1) is 12.7. The molecule has 0 saturated carbocycles. The second-order valence-electron chi connectivity index (χ2n) is 2.87. The van der Waals surface area contributed by atoms with Crippen LogP contribution in [0, 0.1) is 6.92 Å². The van der Waals surface area contributed by atoms with Crippen LogP contribution in [0.2, 0.25) is 0 Å². The number of hydrogen-bond donors (Lipinski definition) is 1. The molecule has 0 unspecified atom stereocenters. The Balaban J connectivity index is 2.57. The fraction of sp³-hybridized carbons (Fsp3) is 0.333. The standard InChI is InChI=1S/C9H14NO3PS/c1-8-4-6-9(7-5-8)15-10-14(11,12-2)13-3/h4-7H,1-3H3,(H,10,11). The van der Waals surface area contributed by atoms with E-state index in [1.54, 1.807) is 0 Å². The highest BCUT2D eigenvalue weighted by Gasteiger charge is 2.20. The minimum absolute atomic E-state index is 0.954. The van der Waals surface area contributed by atoms with Gasteiger partial charge >= 0.3 is 7.75 Å². The summed E-state index contributed by atoms with van der Waals surface area (Å²) in [6.07, 6.45) is 0. The molecular weight excluding hydrogens is 233 g/mol. The second kappa shape index (κ2) is 5.68. The number of aryl methyl sites for hydroxylation is 1. The average Bonchev–Trinajstić information content (AvgIpc) is 2.28. The fourth-order valence-electron chi connectivity index (χ4n) is 0.864. The molecule has 0 aliphatic rings. The topological polar surface area (TPSA) is 47.6 Å². The zero-order valence-electron chi connectivity index (χ0n) is 8.89. The zero-order valence-corrected chi connectivity index (χ0v) is 10.6. The summed E-state index contributed by atoms with van der Waals surface area (Å²) < 4.78 is 23.7. The van der Waals surface area contributed by atoms with Gasteiger partial charge in [-0.25, -0.2) is 4.57 Å². The minimum Gasteiger partial charge on any atom is -0.300 e. The Labute approximate surface area is 94.1 Å². The van der Waals surface area contributed by atoms with Gasteiger partial charge in [0, 0.05) is 19.1 Å². The molecule has 0 aliphatic carbocycles. The molecule has 0 amide bonds. The van der Waals surface area contributed by atoms with Crippen LogP contribution in [0.3, 0.4) is 0 Å². The van der Waals surface area contributed by atoms with Crippen molar-refractivity contribution < 1.29 is 13.6 Å². The van der Waals surface area contributed by atoms with Crippen molar-refractivity contribution in [2.75, 3.05) is 14.2 Å². The van der Waals surface area contributed by atoms with Crippen molar-refractivity contribution in [2.45, 2.75) is 11.8 Å². The predicted molar refractivity (Wildman–Crippen MR) is 61.8 cm³/mol. The number of benzene rings is 1. The van der Waals surface area contributed by atoms with Gasteiger partial charge in [0.2, 0.25) is 0 Å². The van der Waals surface area contributed by atoms with Crippen LogP contribution in [-0.4, -0.2) is 14.2 Å². The van der Waals surface area contributed by atoms with E-state index in [4.69, 9.17) is 9.05 Å². The molecule has 4 nitrogen and oxygen atoms in total. The first-order valence-electron chi connectivity index (χ1n) is 4.32. The lowest BCUT2D eigenvalue weighted by Gasteiger charge is -2.13. The van der Waals surface area contributed by atoms with Crippen LogP contribution < -0.4 is 4.49 Å². The molecule has 1 aromatic carbocycles. The quantitative estimate of drug-likeness (QED) is 0.640. The molecule has 1 rings (SSSR count). The molecule has 0 atom stereocenters. The summed E-state index contributed by atoms with van der Waals surface area (Å²) >= 11 is 1.22. The Hall–Kier alpha value is -0.320. The molecule has 1 aromatic rings. The van der Waals surface area contributed by atoms with Crippen molar-refractivity contribution in [1.29, 1.82) is 0 Å². The Kier molecular flexibility index (Phi) is 4.83. The smallest absolute Gasteiger partial charge is 0.300 e. The Morgan fingerprint density at radius 3 is 2.20 bits per heavy atom. The summed E-state index contributed by atoms with van der Waals surface area (Å²) in [6.45, 7) is 2.01. The third kappa shape index (κ3) is 3.97. The van der Waals surface area contributed by atoms with Crippen molar-refractivity contribution >= 4 is 19.7 Å². The molecule has 0 heterocycles. The maximum atomic E-state index is 11.6. The fourth-order valence-corrected chi connectivity index (χ4v) is 2.75. The van der Waals surface area contributed by atoms with Crippen LogP contribution in [0.4, 0.5) is 0 Å². The van der Waals surface area contributed by atoms with Crippen LogP contribution in [0.1, 0.15) is 5.56 Å². The van der Waals surface area contributed by atoms with Crippen LogP contribution in [0.5, 0.6) is 0 Å². The van der Waals surface area contributed by atoms with Crippen molar-refractivity contribution in [1.82, 2.24) is 4.49 Å². The van der Waals surface area contributed by atoms with E-state index in [0.29, 0.717) is 0 Å². The Morgan fingerprint density at radius 1 is 1.20 bits per heavy atom. The van der Waals surface area contributed by atoms with E-state index in [1.165, 1.54) is 31.7 Å². The van der Waals surface area contributed by atoms with Gasteiger partial charge in [-0.3, -0.25) is 9.05 Å². The van der Waals surface area contributed by atoms with Crippen molar-refractivity contribution in [3.8, 4) is 0 Å². The summed E-state index contributed by atoms with van der Waals surface area (Å²) in [5, 5.41) is 0. The van der Waals surface area contributed by atoms with Gasteiger partial charge in [0.05, 0.1) is 0 Å². The lowest BCUT2D eigenvalue weighted by molar-refractivity contribution is 0.273. The van der Waals surface area contributed by atoms with E-state index in [1.807, 2.05) is 31.2 Å². The summed E-state index contributed by atoms with van der Waals surface area (Å²) in [4.78, 5) is 0.954. The van der Waals surface area contributed by atoms with Gasteiger partial charge in [0.15, 0.2) is 0 Å². The highest BCUT2D eigenvalue weighted by Crippen LogP contribution is 2.44. The molecule has 1 N–H and O–H groups in total. The first-order valence-corrected chi connectivity index (χ1v) is 6.68. The normalized spacial score (nSPS) is 11.7. The van der Waals surface area contributed by atoms with E-state index in [9.17, 15) is 4.57 Å². The maximum Gasteiger partial charge on any atom is 0.414 e. The van der Waals surface area contributed by atoms with E-state index in [0.717, 1.165) is 4.90 Å². The summed E-state index contributed by atoms with van der Waals surface area (Å²) in [5.41, 5.74) is 1.18. The molecule has 84 valence electrons. The van der Waals surface area contributed by atoms with Crippen molar-refractivity contribution in [3.05, 3.63) is 29.8 Å². The molecule has 0 bridgehead atoms. The molecule has 15 heavy (non-hydrogen) atoms. The van der Waals surface area contributed by atoms with Crippen LogP contribution in [0.15, 0.2) is 29.2 Å². The third-order valence-electron chi connectivity index (χ3n) is 1.78. The molecule has 6 heteroatoms. The van der Waals surface area contributed by atoms with Gasteiger partial charge < -0.3 is 0 Å². The van der Waals surface area contributed by atoms with Crippen LogP contribution >= 0.6 is 19.7 Å². The number of hydrogen-bond acceptors (Lipinski definition) is 4. The monoisotopic (exact) mass is 247 g/mol. The Morgan fingerprint density at radius 2 is 1.73 bits per heavy atom. The third-order valence-corrected chi connectivity index (χ3v) is 4.51. The largest absolute Gasteiger partial charge is 0.414 e. The lowest BCUT2D eigenvalue weighted by Crippen LogP contribution is -2.03. The van der Waals surface area contributed by atoms with Crippen LogP contribution in [0.25, 0.3) is 0 Å². The average molecular weight is 247 g/mol.